The zero-order valence-corrected chi connectivity index (χ0v) is 19.0. The van der Waals surface area contributed by atoms with Gasteiger partial charge in [0.15, 0.2) is 0 Å². The average Bonchev–Trinajstić information content (AvgIpc) is 3.34. The fourth-order valence-electron chi connectivity index (χ4n) is 4.23. The van der Waals surface area contributed by atoms with E-state index in [0.29, 0.717) is 37.4 Å². The number of aromatic hydroxyl groups is 1. The van der Waals surface area contributed by atoms with Crippen LogP contribution in [-0.2, 0) is 0 Å². The zero-order chi connectivity index (χ0) is 23.5. The van der Waals surface area contributed by atoms with Crippen LogP contribution in [0.1, 0.15) is 10.4 Å². The van der Waals surface area contributed by atoms with Gasteiger partial charge in [0.2, 0.25) is 0 Å². The lowest BCUT2D eigenvalue weighted by molar-refractivity contribution is 0.0747. The van der Waals surface area contributed by atoms with Crippen molar-refractivity contribution in [3.05, 3.63) is 90.6 Å². The molecule has 1 aromatic heterocycles. The van der Waals surface area contributed by atoms with Crippen LogP contribution in [0.25, 0.3) is 16.9 Å². The first-order chi connectivity index (χ1) is 16.6. The third-order valence-electron chi connectivity index (χ3n) is 6.09. The second-order valence-corrected chi connectivity index (χ2v) is 8.20. The van der Waals surface area contributed by atoms with Gasteiger partial charge in [-0.3, -0.25) is 4.79 Å². The maximum Gasteiger partial charge on any atom is 0.257 e. The number of hydrogen-bond acceptors (Lipinski definition) is 5. The predicted octanol–water partition coefficient (Wildman–Crippen LogP) is 4.22. The van der Waals surface area contributed by atoms with Crippen molar-refractivity contribution in [2.24, 2.45) is 0 Å². The Labute approximate surface area is 198 Å². The highest BCUT2D eigenvalue weighted by Crippen LogP contribution is 2.28. The van der Waals surface area contributed by atoms with Crippen molar-refractivity contribution in [1.29, 1.82) is 0 Å². The average molecular weight is 455 g/mol. The number of carbonyl (C=O) groups excluding carboxylic acids is 1. The van der Waals surface area contributed by atoms with E-state index in [0.717, 1.165) is 22.7 Å². The quantitative estimate of drug-likeness (QED) is 0.489. The van der Waals surface area contributed by atoms with Crippen LogP contribution in [0.15, 0.2) is 85.1 Å². The molecule has 0 saturated carbocycles. The number of nitrogens with zero attached hydrogens (tertiary/aromatic N) is 4. The summed E-state index contributed by atoms with van der Waals surface area (Å²) in [7, 11) is 1.63. The molecule has 4 aromatic rings. The van der Waals surface area contributed by atoms with Crippen LogP contribution >= 0.6 is 0 Å². The highest BCUT2D eigenvalue weighted by molar-refractivity contribution is 6.00. The number of benzene rings is 3. The molecule has 3 aromatic carbocycles. The summed E-state index contributed by atoms with van der Waals surface area (Å²) >= 11 is 0. The molecule has 2 heterocycles. The van der Waals surface area contributed by atoms with Gasteiger partial charge in [-0.1, -0.05) is 24.3 Å². The molecule has 1 aliphatic heterocycles. The number of aromatic nitrogens is 2. The van der Waals surface area contributed by atoms with Crippen LogP contribution in [0.5, 0.6) is 11.5 Å². The number of phenols is 1. The molecule has 1 N–H and O–H groups in total. The van der Waals surface area contributed by atoms with Crippen LogP contribution in [-0.4, -0.2) is 59.0 Å². The number of carbonyl (C=O) groups is 1. The minimum Gasteiger partial charge on any atom is -0.508 e. The van der Waals surface area contributed by atoms with Gasteiger partial charge in [0.05, 0.1) is 18.4 Å². The highest BCUT2D eigenvalue weighted by Gasteiger charge is 2.27. The van der Waals surface area contributed by atoms with E-state index in [-0.39, 0.29) is 11.7 Å². The van der Waals surface area contributed by atoms with Crippen molar-refractivity contribution in [3.63, 3.8) is 0 Å². The minimum absolute atomic E-state index is 0.0384. The molecule has 0 radical (unpaired) electrons. The Balaban J connectivity index is 1.42. The largest absolute Gasteiger partial charge is 0.508 e. The normalized spacial score (nSPS) is 13.7. The molecule has 7 heteroatoms. The van der Waals surface area contributed by atoms with Crippen molar-refractivity contribution in [3.8, 4) is 28.4 Å². The van der Waals surface area contributed by atoms with Gasteiger partial charge < -0.3 is 19.6 Å². The number of para-hydroxylation sites is 1. The molecule has 1 fully saturated rings. The number of rotatable bonds is 5. The van der Waals surface area contributed by atoms with Gasteiger partial charge >= 0.3 is 0 Å². The van der Waals surface area contributed by atoms with Crippen LogP contribution in [0, 0.1) is 0 Å². The van der Waals surface area contributed by atoms with Gasteiger partial charge in [0.25, 0.3) is 5.91 Å². The molecule has 0 spiro atoms. The fraction of sp³-hybridized carbons (Fsp3) is 0.185. The molecule has 5 rings (SSSR count). The summed E-state index contributed by atoms with van der Waals surface area (Å²) in [5, 5.41) is 14.6. The molecule has 1 saturated heterocycles. The molecular formula is C27H26N4O3. The van der Waals surface area contributed by atoms with E-state index in [9.17, 15) is 9.90 Å². The van der Waals surface area contributed by atoms with Crippen molar-refractivity contribution in [2.45, 2.75) is 0 Å². The summed E-state index contributed by atoms with van der Waals surface area (Å²) in [4.78, 5) is 17.7. The second-order valence-electron chi connectivity index (χ2n) is 8.20. The molecule has 172 valence electrons. The van der Waals surface area contributed by atoms with Crippen LogP contribution in [0.2, 0.25) is 0 Å². The van der Waals surface area contributed by atoms with Gasteiger partial charge in [-0.05, 0) is 48.5 Å². The lowest BCUT2D eigenvalue weighted by Crippen LogP contribution is -2.48. The van der Waals surface area contributed by atoms with Crippen LogP contribution in [0.3, 0.4) is 0 Å². The Kier molecular flexibility index (Phi) is 5.91. The third-order valence-corrected chi connectivity index (χ3v) is 6.09. The summed E-state index contributed by atoms with van der Waals surface area (Å²) in [6.45, 7) is 2.57. The number of phenolic OH excluding ortho intramolecular Hbond substituents is 1. The van der Waals surface area contributed by atoms with Crippen molar-refractivity contribution >= 4 is 11.6 Å². The third kappa shape index (κ3) is 4.32. The molecule has 34 heavy (non-hydrogen) atoms. The maximum absolute atomic E-state index is 13.6. The van der Waals surface area contributed by atoms with Crippen LogP contribution < -0.4 is 9.64 Å². The first-order valence-corrected chi connectivity index (χ1v) is 11.2. The molecule has 1 aliphatic rings. The van der Waals surface area contributed by atoms with Gasteiger partial charge in [-0.2, -0.15) is 5.10 Å². The van der Waals surface area contributed by atoms with E-state index in [2.05, 4.69) is 4.90 Å². The molecule has 0 aliphatic carbocycles. The molecular weight excluding hydrogens is 428 g/mol. The first kappa shape index (κ1) is 21.6. The lowest BCUT2D eigenvalue weighted by Gasteiger charge is -2.36. The van der Waals surface area contributed by atoms with Crippen LogP contribution in [0.4, 0.5) is 5.69 Å². The fourth-order valence-corrected chi connectivity index (χ4v) is 4.23. The molecule has 1 amide bonds. The zero-order valence-electron chi connectivity index (χ0n) is 19.0. The SMILES string of the molecule is COc1ccc(-c2nn(-c3ccccc3)cc2C(=O)N2CCN(c3cccc(O)c3)CC2)cc1. The number of piperazine rings is 1. The first-order valence-electron chi connectivity index (χ1n) is 11.2. The Bertz CT molecular complexity index is 1280. The van der Waals surface area contributed by atoms with E-state index in [1.165, 1.54) is 0 Å². The van der Waals surface area contributed by atoms with Crippen molar-refractivity contribution < 1.29 is 14.6 Å². The van der Waals surface area contributed by atoms with E-state index in [1.54, 1.807) is 23.9 Å². The number of hydrogen-bond donors (Lipinski definition) is 1. The maximum atomic E-state index is 13.6. The van der Waals surface area contributed by atoms with E-state index < -0.39 is 0 Å². The Hall–Kier alpha value is -4.26. The topological polar surface area (TPSA) is 70.8 Å². The monoisotopic (exact) mass is 454 g/mol. The summed E-state index contributed by atoms with van der Waals surface area (Å²) in [5.74, 6) is 0.958. The lowest BCUT2D eigenvalue weighted by atomic mass is 10.1. The Morgan fingerprint density at radius 2 is 1.59 bits per heavy atom. The predicted molar refractivity (Wildman–Crippen MR) is 132 cm³/mol. The minimum atomic E-state index is -0.0384. The highest BCUT2D eigenvalue weighted by atomic mass is 16.5. The van der Waals surface area contributed by atoms with Gasteiger partial charge in [-0.25, -0.2) is 4.68 Å². The molecule has 0 unspecified atom stereocenters. The summed E-state index contributed by atoms with van der Waals surface area (Å²) in [6.07, 6.45) is 1.82. The van der Waals surface area contributed by atoms with Gasteiger partial charge in [0, 0.05) is 49.7 Å². The van der Waals surface area contributed by atoms with Gasteiger partial charge in [0.1, 0.15) is 17.2 Å². The van der Waals surface area contributed by atoms with Crippen molar-refractivity contribution in [2.75, 3.05) is 38.2 Å². The van der Waals surface area contributed by atoms with Crippen molar-refractivity contribution in [1.82, 2.24) is 14.7 Å². The Morgan fingerprint density at radius 1 is 0.882 bits per heavy atom. The summed E-state index contributed by atoms with van der Waals surface area (Å²) < 4.78 is 7.04. The second kappa shape index (κ2) is 9.31. The standard InChI is InChI=1S/C27H26N4O3/c1-34-24-12-10-20(11-13-24)26-25(19-31(28-26)21-6-3-2-4-7-21)27(33)30-16-14-29(15-17-30)22-8-5-9-23(32)18-22/h2-13,18-19,32H,14-17H2,1H3. The molecule has 0 bridgehead atoms. The smallest absolute Gasteiger partial charge is 0.257 e. The van der Waals surface area contributed by atoms with E-state index in [1.807, 2.05) is 77.8 Å². The summed E-state index contributed by atoms with van der Waals surface area (Å²) in [5.41, 5.74) is 3.93. The summed E-state index contributed by atoms with van der Waals surface area (Å²) in [6, 6.07) is 24.6. The molecule has 7 nitrogen and oxygen atoms in total. The number of methoxy groups -OCH3 is 1. The number of anilines is 1. The number of ether oxygens (including phenoxy) is 1. The Morgan fingerprint density at radius 3 is 2.26 bits per heavy atom. The van der Waals surface area contributed by atoms with E-state index in [4.69, 9.17) is 9.84 Å². The molecule has 0 atom stereocenters. The number of amides is 1. The van der Waals surface area contributed by atoms with E-state index >= 15 is 0 Å². The van der Waals surface area contributed by atoms with Gasteiger partial charge in [-0.15, -0.1) is 0 Å².